The van der Waals surface area contributed by atoms with Gasteiger partial charge < -0.3 is 9.32 Å². The van der Waals surface area contributed by atoms with Crippen LogP contribution in [-0.2, 0) is 14.8 Å². The number of piperidine rings is 1. The van der Waals surface area contributed by atoms with Crippen molar-refractivity contribution in [1.82, 2.24) is 4.72 Å². The van der Waals surface area contributed by atoms with Gasteiger partial charge in [0.25, 0.3) is 0 Å². The molecule has 0 aliphatic carbocycles. The maximum absolute atomic E-state index is 12.5. The van der Waals surface area contributed by atoms with Crippen LogP contribution < -0.4 is 9.62 Å². The lowest BCUT2D eigenvalue weighted by Crippen LogP contribution is -2.35. The van der Waals surface area contributed by atoms with Gasteiger partial charge in [0.1, 0.15) is 5.76 Å². The first-order valence-electron chi connectivity index (χ1n) is 7.93. The number of hydrogen-bond acceptors (Lipinski definition) is 4. The van der Waals surface area contributed by atoms with Crippen LogP contribution in [0.15, 0.2) is 52.0 Å². The smallest absolute Gasteiger partial charge is 0.241 e. The molecule has 0 saturated carbocycles. The van der Waals surface area contributed by atoms with E-state index in [0.29, 0.717) is 18.7 Å². The van der Waals surface area contributed by atoms with Crippen LogP contribution in [0.1, 0.15) is 38.0 Å². The molecule has 1 aromatic heterocycles. The lowest BCUT2D eigenvalue weighted by molar-refractivity contribution is -0.119. The quantitative estimate of drug-likeness (QED) is 0.901. The summed E-state index contributed by atoms with van der Waals surface area (Å²) in [7, 11) is -3.66. The zero-order valence-electron chi connectivity index (χ0n) is 13.4. The summed E-state index contributed by atoms with van der Waals surface area (Å²) >= 11 is 0. The molecule has 24 heavy (non-hydrogen) atoms. The van der Waals surface area contributed by atoms with Gasteiger partial charge in [-0.1, -0.05) is 0 Å². The molecule has 1 fully saturated rings. The van der Waals surface area contributed by atoms with Crippen molar-refractivity contribution in [3.63, 3.8) is 0 Å². The zero-order chi connectivity index (χ0) is 17.2. The van der Waals surface area contributed by atoms with Crippen molar-refractivity contribution in [3.8, 4) is 0 Å². The molecule has 1 atom stereocenters. The molecule has 2 heterocycles. The van der Waals surface area contributed by atoms with Crippen molar-refractivity contribution in [2.75, 3.05) is 11.4 Å². The molecule has 1 saturated heterocycles. The second kappa shape index (κ2) is 6.78. The van der Waals surface area contributed by atoms with Crippen LogP contribution in [0.5, 0.6) is 0 Å². The molecular formula is C17H20N2O4S. The van der Waals surface area contributed by atoms with Gasteiger partial charge in [-0.2, -0.15) is 0 Å². The summed E-state index contributed by atoms with van der Waals surface area (Å²) in [6.07, 6.45) is 3.93. The van der Waals surface area contributed by atoms with Crippen molar-refractivity contribution >= 4 is 21.6 Å². The van der Waals surface area contributed by atoms with E-state index in [1.165, 1.54) is 18.4 Å². The lowest BCUT2D eigenvalue weighted by atomic mass is 10.1. The molecule has 1 aliphatic rings. The fourth-order valence-electron chi connectivity index (χ4n) is 2.78. The van der Waals surface area contributed by atoms with Crippen LogP contribution in [0.2, 0.25) is 0 Å². The normalized spacial score (nSPS) is 17.0. The summed E-state index contributed by atoms with van der Waals surface area (Å²) in [4.78, 5) is 13.8. The second-order valence-corrected chi connectivity index (χ2v) is 7.57. The number of hydrogen-bond donors (Lipinski definition) is 1. The lowest BCUT2D eigenvalue weighted by Gasteiger charge is -2.26. The molecule has 3 rings (SSSR count). The van der Waals surface area contributed by atoms with Crippen LogP contribution in [0.4, 0.5) is 5.69 Å². The van der Waals surface area contributed by atoms with Crippen molar-refractivity contribution in [3.05, 3.63) is 48.4 Å². The van der Waals surface area contributed by atoms with Crippen molar-refractivity contribution in [2.45, 2.75) is 37.1 Å². The van der Waals surface area contributed by atoms with Gasteiger partial charge in [0, 0.05) is 18.7 Å². The highest BCUT2D eigenvalue weighted by Gasteiger charge is 2.22. The van der Waals surface area contributed by atoms with E-state index in [4.69, 9.17) is 4.42 Å². The fraction of sp³-hybridized carbons (Fsp3) is 0.353. The Balaban J connectivity index is 1.75. The number of furan rings is 1. The Labute approximate surface area is 141 Å². The number of benzene rings is 1. The minimum Gasteiger partial charge on any atom is -0.468 e. The second-order valence-electron chi connectivity index (χ2n) is 5.85. The topological polar surface area (TPSA) is 79.6 Å². The van der Waals surface area contributed by atoms with E-state index in [1.54, 1.807) is 36.1 Å². The molecule has 7 heteroatoms. The molecule has 0 spiro atoms. The van der Waals surface area contributed by atoms with Crippen LogP contribution in [0.3, 0.4) is 0 Å². The van der Waals surface area contributed by atoms with Gasteiger partial charge in [-0.3, -0.25) is 4.79 Å². The van der Waals surface area contributed by atoms with E-state index in [-0.39, 0.29) is 10.8 Å². The molecule has 6 nitrogen and oxygen atoms in total. The number of nitrogens with one attached hydrogen (secondary N) is 1. The highest BCUT2D eigenvalue weighted by molar-refractivity contribution is 7.89. The highest BCUT2D eigenvalue weighted by atomic mass is 32.2. The maximum Gasteiger partial charge on any atom is 0.241 e. The Hall–Kier alpha value is -2.12. The number of sulfonamides is 1. The molecule has 128 valence electrons. The Morgan fingerprint density at radius 2 is 1.92 bits per heavy atom. The van der Waals surface area contributed by atoms with Gasteiger partial charge in [0.2, 0.25) is 15.9 Å². The zero-order valence-corrected chi connectivity index (χ0v) is 14.3. The third-order valence-electron chi connectivity index (χ3n) is 4.08. The summed E-state index contributed by atoms with van der Waals surface area (Å²) in [6.45, 7) is 2.40. The fourth-order valence-corrected chi connectivity index (χ4v) is 3.99. The molecule has 2 aromatic rings. The largest absolute Gasteiger partial charge is 0.468 e. The predicted octanol–water partition coefficient (Wildman–Crippen LogP) is 2.84. The molecule has 0 radical (unpaired) electrons. The molecular weight excluding hydrogens is 328 g/mol. The molecule has 1 aliphatic heterocycles. The first-order chi connectivity index (χ1) is 11.5. The third-order valence-corrected chi connectivity index (χ3v) is 5.64. The summed E-state index contributed by atoms with van der Waals surface area (Å²) in [6, 6.07) is 9.37. The summed E-state index contributed by atoms with van der Waals surface area (Å²) in [5, 5.41) is 0. The summed E-state index contributed by atoms with van der Waals surface area (Å²) in [5.74, 6) is 0.635. The van der Waals surface area contributed by atoms with Crippen LogP contribution >= 0.6 is 0 Å². The first-order valence-corrected chi connectivity index (χ1v) is 9.42. The minimum atomic E-state index is -3.66. The molecule has 1 amide bonds. The van der Waals surface area contributed by atoms with Gasteiger partial charge in [0.15, 0.2) is 0 Å². The van der Waals surface area contributed by atoms with Gasteiger partial charge in [-0.15, -0.1) is 0 Å². The number of carbonyl (C=O) groups excluding carboxylic acids is 1. The van der Waals surface area contributed by atoms with E-state index in [0.717, 1.165) is 18.5 Å². The van der Waals surface area contributed by atoms with E-state index < -0.39 is 16.1 Å². The molecule has 0 bridgehead atoms. The SMILES string of the molecule is CC(NS(=O)(=O)c1ccc(N2CCCCC2=O)cc1)c1ccco1. The van der Waals surface area contributed by atoms with E-state index in [9.17, 15) is 13.2 Å². The Morgan fingerprint density at radius 3 is 2.54 bits per heavy atom. The number of nitrogens with zero attached hydrogens (tertiary/aromatic N) is 1. The predicted molar refractivity (Wildman–Crippen MR) is 90.1 cm³/mol. The standard InChI is InChI=1S/C17H20N2O4S/c1-13(16-5-4-12-23-16)18-24(21,22)15-9-7-14(8-10-15)19-11-3-2-6-17(19)20/h4-5,7-10,12-13,18H,2-3,6,11H2,1H3. The molecule has 1 N–H and O–H groups in total. The van der Waals surface area contributed by atoms with E-state index in [2.05, 4.69) is 4.72 Å². The van der Waals surface area contributed by atoms with Gasteiger partial charge in [-0.05, 0) is 56.2 Å². The van der Waals surface area contributed by atoms with Gasteiger partial charge in [0.05, 0.1) is 17.2 Å². The summed E-state index contributed by atoms with van der Waals surface area (Å²) in [5.41, 5.74) is 0.734. The average Bonchev–Trinajstić information content (AvgIpc) is 3.10. The van der Waals surface area contributed by atoms with Crippen molar-refractivity contribution < 1.29 is 17.6 Å². The van der Waals surface area contributed by atoms with Crippen LogP contribution in [0, 0.1) is 0 Å². The Morgan fingerprint density at radius 1 is 1.17 bits per heavy atom. The highest BCUT2D eigenvalue weighted by Crippen LogP contribution is 2.23. The first kappa shape index (κ1) is 16.7. The maximum atomic E-state index is 12.5. The monoisotopic (exact) mass is 348 g/mol. The van der Waals surface area contributed by atoms with Crippen molar-refractivity contribution in [2.24, 2.45) is 0 Å². The minimum absolute atomic E-state index is 0.0847. The Kier molecular flexibility index (Phi) is 4.73. The molecule has 1 unspecified atom stereocenters. The van der Waals surface area contributed by atoms with Gasteiger partial charge in [-0.25, -0.2) is 13.1 Å². The third kappa shape index (κ3) is 3.52. The Bertz CT molecular complexity index is 798. The molecule has 1 aromatic carbocycles. The van der Waals surface area contributed by atoms with Crippen molar-refractivity contribution in [1.29, 1.82) is 0 Å². The van der Waals surface area contributed by atoms with Crippen LogP contribution in [-0.4, -0.2) is 20.9 Å². The summed E-state index contributed by atoms with van der Waals surface area (Å²) < 4.78 is 32.7. The number of rotatable bonds is 5. The average molecular weight is 348 g/mol. The van der Waals surface area contributed by atoms with E-state index in [1.807, 2.05) is 0 Å². The van der Waals surface area contributed by atoms with E-state index >= 15 is 0 Å². The number of amides is 1. The van der Waals surface area contributed by atoms with Gasteiger partial charge >= 0.3 is 0 Å². The number of carbonyl (C=O) groups is 1. The van der Waals surface area contributed by atoms with Crippen LogP contribution in [0.25, 0.3) is 0 Å². The number of anilines is 1.